The van der Waals surface area contributed by atoms with E-state index < -0.39 is 0 Å². The molecule has 2 aromatic carbocycles. The minimum absolute atomic E-state index is 0.0432. The van der Waals surface area contributed by atoms with Gasteiger partial charge in [-0.05, 0) is 36.5 Å². The average Bonchev–Trinajstić information content (AvgIpc) is 3.56. The fourth-order valence-corrected chi connectivity index (χ4v) is 6.15. The first-order valence-electron chi connectivity index (χ1n) is 14.2. The van der Waals surface area contributed by atoms with Crippen molar-refractivity contribution in [2.75, 3.05) is 0 Å². The van der Waals surface area contributed by atoms with Crippen molar-refractivity contribution < 1.29 is 0 Å². The van der Waals surface area contributed by atoms with E-state index in [-0.39, 0.29) is 11.6 Å². The van der Waals surface area contributed by atoms with Gasteiger partial charge in [0.25, 0.3) is 0 Å². The highest BCUT2D eigenvalue weighted by Crippen LogP contribution is 2.44. The van der Waals surface area contributed by atoms with Crippen molar-refractivity contribution in [2.45, 2.75) is 96.1 Å². The fourth-order valence-electron chi connectivity index (χ4n) is 6.15. The smallest absolute Gasteiger partial charge is 0.124 e. The van der Waals surface area contributed by atoms with Crippen LogP contribution >= 0.6 is 0 Å². The van der Waals surface area contributed by atoms with Crippen LogP contribution in [0, 0.1) is 0 Å². The Labute approximate surface area is 216 Å². The molecule has 0 amide bonds. The highest BCUT2D eigenvalue weighted by molar-refractivity contribution is 5.85. The number of para-hydroxylation sites is 1. The minimum Gasteiger partial charge on any atom is -0.357 e. The van der Waals surface area contributed by atoms with E-state index in [9.17, 15) is 0 Å². The normalized spacial score (nSPS) is 16.9. The van der Waals surface area contributed by atoms with Crippen LogP contribution in [0.25, 0.3) is 22.2 Å². The van der Waals surface area contributed by atoms with Gasteiger partial charge in [-0.2, -0.15) is 0 Å². The molecular formula is C32H42N4. The SMILES string of the molecule is CCCCCCC1(CCCCCC)N[C@@H](c2ncc(-c3ccccc3)[nH]2)Cc2c1[nH]c1ccccc21. The predicted octanol–water partition coefficient (Wildman–Crippen LogP) is 8.58. The van der Waals surface area contributed by atoms with Crippen molar-refractivity contribution >= 4 is 10.9 Å². The van der Waals surface area contributed by atoms with Crippen LogP contribution in [0.1, 0.15) is 101 Å². The second-order valence-electron chi connectivity index (χ2n) is 10.7. The Morgan fingerprint density at radius 1 is 0.806 bits per heavy atom. The minimum atomic E-state index is -0.0432. The molecule has 36 heavy (non-hydrogen) atoms. The standard InChI is InChI=1S/C32H42N4/c1-3-5-7-14-20-32(21-15-8-6-4-2)30-26(25-18-12-13-19-27(25)34-30)22-28(36-32)31-33-23-29(35-31)24-16-10-9-11-17-24/h9-13,16-19,23,28,34,36H,3-8,14-15,20-22H2,1-2H3,(H,33,35)/t28-/m1/s1. The van der Waals surface area contributed by atoms with Gasteiger partial charge in [0.15, 0.2) is 0 Å². The van der Waals surface area contributed by atoms with E-state index in [1.54, 1.807) is 0 Å². The molecule has 3 heterocycles. The first-order valence-corrected chi connectivity index (χ1v) is 14.2. The number of rotatable bonds is 12. The Hall–Kier alpha value is -2.85. The van der Waals surface area contributed by atoms with Crippen LogP contribution in [0.2, 0.25) is 0 Å². The Morgan fingerprint density at radius 3 is 2.22 bits per heavy atom. The van der Waals surface area contributed by atoms with Crippen molar-refractivity contribution in [3.05, 3.63) is 77.9 Å². The van der Waals surface area contributed by atoms with Crippen molar-refractivity contribution in [1.29, 1.82) is 0 Å². The number of nitrogens with one attached hydrogen (secondary N) is 3. The number of fused-ring (bicyclic) bond motifs is 3. The van der Waals surface area contributed by atoms with Gasteiger partial charge in [0.05, 0.1) is 23.5 Å². The lowest BCUT2D eigenvalue weighted by molar-refractivity contribution is 0.208. The Kier molecular flexibility index (Phi) is 7.91. The first-order chi connectivity index (χ1) is 17.7. The number of imidazole rings is 1. The number of aromatic amines is 2. The molecular weight excluding hydrogens is 440 g/mol. The summed E-state index contributed by atoms with van der Waals surface area (Å²) in [6.07, 6.45) is 15.6. The van der Waals surface area contributed by atoms with Crippen LogP contribution in [0.5, 0.6) is 0 Å². The average molecular weight is 483 g/mol. The molecule has 4 nitrogen and oxygen atoms in total. The monoisotopic (exact) mass is 482 g/mol. The third-order valence-electron chi connectivity index (χ3n) is 8.08. The number of unbranched alkanes of at least 4 members (excludes halogenated alkanes) is 6. The molecule has 5 rings (SSSR count). The van der Waals surface area contributed by atoms with E-state index in [4.69, 9.17) is 4.98 Å². The van der Waals surface area contributed by atoms with E-state index in [0.717, 1.165) is 17.9 Å². The van der Waals surface area contributed by atoms with Crippen LogP contribution in [-0.2, 0) is 12.0 Å². The highest BCUT2D eigenvalue weighted by Gasteiger charge is 2.42. The van der Waals surface area contributed by atoms with Gasteiger partial charge in [0.2, 0.25) is 0 Å². The number of hydrogen-bond acceptors (Lipinski definition) is 2. The Balaban J connectivity index is 1.52. The van der Waals surface area contributed by atoms with E-state index in [2.05, 4.69) is 83.7 Å². The number of benzene rings is 2. The molecule has 1 aliphatic rings. The van der Waals surface area contributed by atoms with Crippen LogP contribution in [0.3, 0.4) is 0 Å². The largest absolute Gasteiger partial charge is 0.357 e. The predicted molar refractivity (Wildman–Crippen MR) is 151 cm³/mol. The van der Waals surface area contributed by atoms with Crippen LogP contribution in [0.15, 0.2) is 60.8 Å². The van der Waals surface area contributed by atoms with E-state index in [1.807, 2.05) is 6.20 Å². The second kappa shape index (κ2) is 11.5. The molecule has 0 unspecified atom stereocenters. The van der Waals surface area contributed by atoms with Gasteiger partial charge in [0, 0.05) is 16.6 Å². The molecule has 0 saturated heterocycles. The quantitative estimate of drug-likeness (QED) is 0.177. The first kappa shape index (κ1) is 24.8. The number of hydrogen-bond donors (Lipinski definition) is 3. The fraction of sp³-hybridized carbons (Fsp3) is 0.469. The molecule has 3 N–H and O–H groups in total. The second-order valence-corrected chi connectivity index (χ2v) is 10.7. The summed E-state index contributed by atoms with van der Waals surface area (Å²) < 4.78 is 0. The third kappa shape index (κ3) is 5.15. The lowest BCUT2D eigenvalue weighted by atomic mass is 9.76. The number of nitrogens with zero attached hydrogens (tertiary/aromatic N) is 1. The molecule has 1 aliphatic heterocycles. The maximum atomic E-state index is 4.91. The third-order valence-corrected chi connectivity index (χ3v) is 8.08. The summed E-state index contributed by atoms with van der Waals surface area (Å²) in [7, 11) is 0. The van der Waals surface area contributed by atoms with Crippen molar-refractivity contribution in [3.63, 3.8) is 0 Å². The summed E-state index contributed by atoms with van der Waals surface area (Å²) in [5.74, 6) is 1.05. The van der Waals surface area contributed by atoms with Crippen LogP contribution in [0.4, 0.5) is 0 Å². The summed E-state index contributed by atoms with van der Waals surface area (Å²) in [5, 5.41) is 5.57. The molecule has 2 aromatic heterocycles. The zero-order valence-electron chi connectivity index (χ0n) is 22.1. The van der Waals surface area contributed by atoms with Gasteiger partial charge in [-0.1, -0.05) is 114 Å². The molecule has 0 spiro atoms. The van der Waals surface area contributed by atoms with Gasteiger partial charge in [-0.3, -0.25) is 5.32 Å². The summed E-state index contributed by atoms with van der Waals surface area (Å²) in [4.78, 5) is 12.5. The number of H-pyrrole nitrogens is 2. The van der Waals surface area contributed by atoms with Crippen LogP contribution in [-0.4, -0.2) is 15.0 Å². The zero-order valence-corrected chi connectivity index (χ0v) is 22.1. The van der Waals surface area contributed by atoms with Crippen molar-refractivity contribution in [3.8, 4) is 11.3 Å². The summed E-state index contributed by atoms with van der Waals surface area (Å²) in [6, 6.07) is 19.6. The molecule has 0 fully saturated rings. The highest BCUT2D eigenvalue weighted by atomic mass is 15.1. The molecule has 4 aromatic rings. The van der Waals surface area contributed by atoms with Gasteiger partial charge in [-0.15, -0.1) is 0 Å². The maximum Gasteiger partial charge on any atom is 0.124 e. The van der Waals surface area contributed by atoms with Gasteiger partial charge >= 0.3 is 0 Å². The molecule has 0 saturated carbocycles. The van der Waals surface area contributed by atoms with E-state index in [1.165, 1.54) is 91.9 Å². The van der Waals surface area contributed by atoms with E-state index in [0.29, 0.717) is 0 Å². The lowest BCUT2D eigenvalue weighted by Crippen LogP contribution is -2.49. The van der Waals surface area contributed by atoms with Crippen molar-refractivity contribution in [1.82, 2.24) is 20.3 Å². The Bertz CT molecular complexity index is 1220. The molecule has 190 valence electrons. The lowest BCUT2D eigenvalue weighted by Gasteiger charge is -2.42. The number of aromatic nitrogens is 3. The Morgan fingerprint density at radius 2 is 1.50 bits per heavy atom. The molecule has 0 aliphatic carbocycles. The van der Waals surface area contributed by atoms with Crippen molar-refractivity contribution in [2.24, 2.45) is 0 Å². The maximum absolute atomic E-state index is 4.91. The topological polar surface area (TPSA) is 56.5 Å². The molecule has 0 radical (unpaired) electrons. The van der Waals surface area contributed by atoms with Gasteiger partial charge in [0.1, 0.15) is 5.82 Å². The molecule has 1 atom stereocenters. The zero-order chi connectivity index (χ0) is 24.8. The molecule has 4 heteroatoms. The van der Waals surface area contributed by atoms with E-state index >= 15 is 0 Å². The summed E-state index contributed by atoms with van der Waals surface area (Å²) in [6.45, 7) is 4.60. The summed E-state index contributed by atoms with van der Waals surface area (Å²) in [5.41, 5.74) is 6.42. The van der Waals surface area contributed by atoms with Crippen LogP contribution < -0.4 is 5.32 Å². The van der Waals surface area contributed by atoms with Gasteiger partial charge < -0.3 is 9.97 Å². The van der Waals surface area contributed by atoms with Gasteiger partial charge in [-0.25, -0.2) is 4.98 Å². The molecule has 0 bridgehead atoms. The summed E-state index contributed by atoms with van der Waals surface area (Å²) >= 11 is 0.